The van der Waals surface area contributed by atoms with Crippen LogP contribution < -0.4 is 9.64 Å². The van der Waals surface area contributed by atoms with Gasteiger partial charge < -0.3 is 14.7 Å². The highest BCUT2D eigenvalue weighted by atomic mass is 16.5. The Bertz CT molecular complexity index is 386. The number of carboxylic acids is 1. The van der Waals surface area contributed by atoms with Crippen LogP contribution in [0, 0.1) is 6.92 Å². The van der Waals surface area contributed by atoms with Gasteiger partial charge in [0.2, 0.25) is 0 Å². The fraction of sp³-hybridized carbons (Fsp3) is 0.462. The van der Waals surface area contributed by atoms with Crippen molar-refractivity contribution in [3.05, 3.63) is 23.8 Å². The number of nitrogens with zero attached hydrogens (tertiary/aromatic N) is 1. The van der Waals surface area contributed by atoms with Crippen molar-refractivity contribution in [3.8, 4) is 5.75 Å². The normalized spacial score (nSPS) is 10.1. The van der Waals surface area contributed by atoms with Crippen LogP contribution in [0.1, 0.15) is 19.4 Å². The van der Waals surface area contributed by atoms with Crippen molar-refractivity contribution < 1.29 is 14.6 Å². The summed E-state index contributed by atoms with van der Waals surface area (Å²) in [6.07, 6.45) is 0. The summed E-state index contributed by atoms with van der Waals surface area (Å²) in [4.78, 5) is 12.7. The summed E-state index contributed by atoms with van der Waals surface area (Å²) in [6.45, 7) is 7.60. The van der Waals surface area contributed by atoms with Crippen LogP contribution in [0.2, 0.25) is 0 Å². The van der Waals surface area contributed by atoms with E-state index in [-0.39, 0.29) is 6.61 Å². The molecule has 0 aliphatic carbocycles. The highest BCUT2D eigenvalue weighted by molar-refractivity contribution is 5.68. The number of aliphatic carboxylic acids is 1. The Morgan fingerprint density at radius 3 is 2.53 bits per heavy atom. The Labute approximate surface area is 102 Å². The van der Waals surface area contributed by atoms with Gasteiger partial charge in [-0.15, -0.1) is 0 Å². The first kappa shape index (κ1) is 13.4. The van der Waals surface area contributed by atoms with E-state index >= 15 is 0 Å². The summed E-state index contributed by atoms with van der Waals surface area (Å²) >= 11 is 0. The molecule has 0 aliphatic rings. The second-order valence-electron chi connectivity index (χ2n) is 3.80. The molecule has 17 heavy (non-hydrogen) atoms. The quantitative estimate of drug-likeness (QED) is 0.824. The van der Waals surface area contributed by atoms with Crippen molar-refractivity contribution in [1.82, 2.24) is 0 Å². The maximum Gasteiger partial charge on any atom is 0.341 e. The zero-order valence-corrected chi connectivity index (χ0v) is 10.6. The number of benzene rings is 1. The molecular formula is C13H19NO3. The lowest BCUT2D eigenvalue weighted by Crippen LogP contribution is -2.21. The second kappa shape index (κ2) is 6.13. The van der Waals surface area contributed by atoms with E-state index in [0.29, 0.717) is 5.75 Å². The molecule has 94 valence electrons. The van der Waals surface area contributed by atoms with E-state index in [2.05, 4.69) is 18.7 Å². The van der Waals surface area contributed by atoms with Crippen LogP contribution in [0.5, 0.6) is 5.75 Å². The minimum absolute atomic E-state index is 0.303. The van der Waals surface area contributed by atoms with Gasteiger partial charge in [-0.25, -0.2) is 4.79 Å². The zero-order chi connectivity index (χ0) is 12.8. The SMILES string of the molecule is CCN(CC)c1ccc(C)c(OCC(=O)O)c1. The summed E-state index contributed by atoms with van der Waals surface area (Å²) in [5, 5.41) is 8.60. The number of hydrogen-bond acceptors (Lipinski definition) is 3. The van der Waals surface area contributed by atoms with Crippen molar-refractivity contribution in [1.29, 1.82) is 0 Å². The van der Waals surface area contributed by atoms with E-state index in [4.69, 9.17) is 9.84 Å². The summed E-state index contributed by atoms with van der Waals surface area (Å²) in [7, 11) is 0. The molecule has 1 aromatic carbocycles. The van der Waals surface area contributed by atoms with Crippen LogP contribution >= 0.6 is 0 Å². The van der Waals surface area contributed by atoms with Crippen molar-refractivity contribution in [2.75, 3.05) is 24.6 Å². The lowest BCUT2D eigenvalue weighted by molar-refractivity contribution is -0.139. The third-order valence-electron chi connectivity index (χ3n) is 2.65. The van der Waals surface area contributed by atoms with Crippen LogP contribution in [-0.2, 0) is 4.79 Å². The average molecular weight is 237 g/mol. The van der Waals surface area contributed by atoms with Gasteiger partial charge in [-0.3, -0.25) is 0 Å². The van der Waals surface area contributed by atoms with Gasteiger partial charge in [0.05, 0.1) is 0 Å². The Morgan fingerprint density at radius 2 is 2.00 bits per heavy atom. The molecule has 0 unspecified atom stereocenters. The molecule has 4 nitrogen and oxygen atoms in total. The molecule has 0 fully saturated rings. The predicted molar refractivity (Wildman–Crippen MR) is 67.9 cm³/mol. The molecule has 1 aromatic rings. The fourth-order valence-electron chi connectivity index (χ4n) is 1.67. The van der Waals surface area contributed by atoms with Gasteiger partial charge in [0.25, 0.3) is 0 Å². The van der Waals surface area contributed by atoms with Crippen LogP contribution in [0.15, 0.2) is 18.2 Å². The highest BCUT2D eigenvalue weighted by Gasteiger charge is 2.07. The molecular weight excluding hydrogens is 218 g/mol. The minimum atomic E-state index is -0.961. The molecule has 0 saturated heterocycles. The molecule has 4 heteroatoms. The summed E-state index contributed by atoms with van der Waals surface area (Å²) in [5.74, 6) is -0.325. The van der Waals surface area contributed by atoms with Crippen LogP contribution in [0.3, 0.4) is 0 Å². The van der Waals surface area contributed by atoms with Crippen molar-refractivity contribution in [2.24, 2.45) is 0 Å². The fourth-order valence-corrected chi connectivity index (χ4v) is 1.67. The largest absolute Gasteiger partial charge is 0.482 e. The Morgan fingerprint density at radius 1 is 1.35 bits per heavy atom. The topological polar surface area (TPSA) is 49.8 Å². The average Bonchev–Trinajstić information content (AvgIpc) is 2.30. The lowest BCUT2D eigenvalue weighted by Gasteiger charge is -2.22. The monoisotopic (exact) mass is 237 g/mol. The summed E-state index contributed by atoms with van der Waals surface area (Å²) in [6, 6.07) is 5.87. The van der Waals surface area contributed by atoms with Gasteiger partial charge >= 0.3 is 5.97 Å². The van der Waals surface area contributed by atoms with Gasteiger partial charge in [-0.1, -0.05) is 6.07 Å². The van der Waals surface area contributed by atoms with E-state index in [1.54, 1.807) is 0 Å². The van der Waals surface area contributed by atoms with E-state index < -0.39 is 5.97 Å². The first-order valence-electron chi connectivity index (χ1n) is 5.78. The number of carboxylic acid groups (broad SMARTS) is 1. The van der Waals surface area contributed by atoms with Crippen molar-refractivity contribution in [2.45, 2.75) is 20.8 Å². The third-order valence-corrected chi connectivity index (χ3v) is 2.65. The molecule has 0 radical (unpaired) electrons. The highest BCUT2D eigenvalue weighted by Crippen LogP contribution is 2.25. The summed E-state index contributed by atoms with van der Waals surface area (Å²) < 4.78 is 5.25. The number of carbonyl (C=O) groups is 1. The number of rotatable bonds is 6. The van der Waals surface area contributed by atoms with Gasteiger partial charge in [0.15, 0.2) is 6.61 Å². The molecule has 0 aromatic heterocycles. The Kier molecular flexibility index (Phi) is 4.82. The molecule has 0 amide bonds. The summed E-state index contributed by atoms with van der Waals surface area (Å²) in [5.41, 5.74) is 2.00. The first-order chi connectivity index (χ1) is 8.08. The van der Waals surface area contributed by atoms with E-state index in [9.17, 15) is 4.79 Å². The predicted octanol–water partition coefficient (Wildman–Crippen LogP) is 2.30. The van der Waals surface area contributed by atoms with Crippen molar-refractivity contribution >= 4 is 11.7 Å². The molecule has 1 N–H and O–H groups in total. The maximum atomic E-state index is 10.5. The number of ether oxygens (including phenoxy) is 1. The number of anilines is 1. The molecule has 0 heterocycles. The molecule has 0 spiro atoms. The number of hydrogen-bond donors (Lipinski definition) is 1. The molecule has 0 bridgehead atoms. The van der Waals surface area contributed by atoms with Crippen molar-refractivity contribution in [3.63, 3.8) is 0 Å². The van der Waals surface area contributed by atoms with E-state index in [0.717, 1.165) is 24.3 Å². The van der Waals surface area contributed by atoms with Gasteiger partial charge in [-0.2, -0.15) is 0 Å². The van der Waals surface area contributed by atoms with Gasteiger partial charge in [-0.05, 0) is 32.4 Å². The first-order valence-corrected chi connectivity index (χ1v) is 5.78. The standard InChI is InChI=1S/C13H19NO3/c1-4-14(5-2)11-7-6-10(3)12(8-11)17-9-13(15)16/h6-8H,4-5,9H2,1-3H3,(H,15,16). The minimum Gasteiger partial charge on any atom is -0.482 e. The second-order valence-corrected chi connectivity index (χ2v) is 3.80. The number of aryl methyl sites for hydroxylation is 1. The van der Waals surface area contributed by atoms with Crippen LogP contribution in [0.25, 0.3) is 0 Å². The third kappa shape index (κ3) is 3.66. The molecule has 0 aliphatic heterocycles. The van der Waals surface area contributed by atoms with Gasteiger partial charge in [0, 0.05) is 24.8 Å². The Hall–Kier alpha value is -1.71. The molecule has 0 atom stereocenters. The van der Waals surface area contributed by atoms with Crippen LogP contribution in [0.4, 0.5) is 5.69 Å². The molecule has 0 saturated carbocycles. The van der Waals surface area contributed by atoms with Crippen LogP contribution in [-0.4, -0.2) is 30.8 Å². The smallest absolute Gasteiger partial charge is 0.341 e. The maximum absolute atomic E-state index is 10.5. The lowest BCUT2D eigenvalue weighted by atomic mass is 10.2. The van der Waals surface area contributed by atoms with Gasteiger partial charge in [0.1, 0.15) is 5.75 Å². The zero-order valence-electron chi connectivity index (χ0n) is 10.6. The molecule has 1 rings (SSSR count). The Balaban J connectivity index is 2.89. The van der Waals surface area contributed by atoms with E-state index in [1.165, 1.54) is 0 Å². The van der Waals surface area contributed by atoms with E-state index in [1.807, 2.05) is 25.1 Å².